The van der Waals surface area contributed by atoms with Gasteiger partial charge in [0.1, 0.15) is 0 Å². The van der Waals surface area contributed by atoms with Crippen molar-refractivity contribution >= 4 is 17.7 Å². The fraction of sp³-hybridized carbons (Fsp3) is 0.750. The summed E-state index contributed by atoms with van der Waals surface area (Å²) in [5.41, 5.74) is 0. The van der Waals surface area contributed by atoms with Crippen LogP contribution in [-0.4, -0.2) is 61.9 Å². The molecule has 34 heavy (non-hydrogen) atoms. The van der Waals surface area contributed by atoms with Crippen LogP contribution in [0.4, 0.5) is 39.5 Å². The summed E-state index contributed by atoms with van der Waals surface area (Å²) in [6.07, 6.45) is 2.24. The Hall–Kier alpha value is 0.0260. The van der Waals surface area contributed by atoms with E-state index in [4.69, 9.17) is 15.3 Å². The van der Waals surface area contributed by atoms with Crippen molar-refractivity contribution in [3.05, 3.63) is 24.3 Å². The van der Waals surface area contributed by atoms with Crippen LogP contribution in [0, 0.1) is 0 Å². The average Bonchev–Trinajstić information content (AvgIpc) is 3.13. The van der Waals surface area contributed by atoms with E-state index in [2.05, 4.69) is 0 Å². The van der Waals surface area contributed by atoms with Gasteiger partial charge in [0.05, 0.1) is 18.3 Å². The van der Waals surface area contributed by atoms with Crippen LogP contribution >= 0.6 is 0 Å². The van der Waals surface area contributed by atoms with Crippen LogP contribution in [0.2, 0.25) is 0 Å². The summed E-state index contributed by atoms with van der Waals surface area (Å²) in [5, 5.41) is 6.01. The Morgan fingerprint density at radius 1 is 0.618 bits per heavy atom. The Bertz CT molecular complexity index is 531. The van der Waals surface area contributed by atoms with Gasteiger partial charge in [0.15, 0.2) is 0 Å². The normalized spacial score (nSPS) is 14.5. The van der Waals surface area contributed by atoms with Gasteiger partial charge in [-0.15, -0.1) is 0 Å². The zero-order valence-corrected chi connectivity index (χ0v) is 24.5. The maximum atomic E-state index is 12.6. The Morgan fingerprint density at radius 3 is 0.912 bits per heavy atom. The molecule has 3 nitrogen and oxygen atoms in total. The molecule has 3 unspecified atom stereocenters. The van der Waals surface area contributed by atoms with Crippen LogP contribution in [0.5, 0.6) is 0 Å². The second-order valence-corrected chi connectivity index (χ2v) is 15.1. The fourth-order valence-electron chi connectivity index (χ4n) is 1.60. The number of alkyl halides is 9. The van der Waals surface area contributed by atoms with E-state index in [0.717, 1.165) is 31.4 Å². The Labute approximate surface area is 216 Å². The van der Waals surface area contributed by atoms with Crippen LogP contribution < -0.4 is 4.40 Å². The molecule has 204 valence electrons. The smallest absolute Gasteiger partial charge is 0 e. The largest absolute Gasteiger partial charge is 0 e. The van der Waals surface area contributed by atoms with Crippen molar-refractivity contribution in [3.8, 4) is 0 Å². The predicted octanol–water partition coefficient (Wildman–Crippen LogP) is 5.69. The van der Waals surface area contributed by atoms with E-state index < -0.39 is 32.7 Å². The number of aliphatic hydroxyl groups is 3. The quantitative estimate of drug-likeness (QED) is 0.222. The molecule has 0 saturated heterocycles. The monoisotopic (exact) mass is 657 g/mol. The summed E-state index contributed by atoms with van der Waals surface area (Å²) in [6, 6.07) is 1.90. The van der Waals surface area contributed by atoms with Gasteiger partial charge in [-0.2, -0.15) is 0 Å². The maximum absolute atomic E-state index is 12.6. The molecule has 0 aliphatic rings. The van der Waals surface area contributed by atoms with E-state index in [1.165, 1.54) is 0 Å². The number of hydrogen-bond donors (Lipinski definition) is 3. The van der Waals surface area contributed by atoms with Gasteiger partial charge in [0, 0.05) is 26.2 Å². The second kappa shape index (κ2) is 18.3. The SMILES string of the molecule is CCC(C)O.CCC(C)O.CCC(C)O.F[C](F)(F)[Ge]([c-]1cccc1)([C](F)(F)F)[C](F)(F)F.[Zr]. The molecule has 0 bridgehead atoms. The molecular formula is C20H34F9GeO3Zr-. The molecule has 14 heteroatoms. The summed E-state index contributed by atoms with van der Waals surface area (Å²) in [4.78, 5) is 0. The number of halogens is 9. The van der Waals surface area contributed by atoms with Crippen molar-refractivity contribution in [2.45, 2.75) is 94.1 Å². The first-order chi connectivity index (χ1) is 14.7. The molecule has 0 aromatic heterocycles. The van der Waals surface area contributed by atoms with Crippen molar-refractivity contribution < 1.29 is 81.0 Å². The maximum Gasteiger partial charge on any atom is 0 e. The first-order valence-electron chi connectivity index (χ1n) is 10.1. The minimum absolute atomic E-state index is 0. The predicted molar refractivity (Wildman–Crippen MR) is 112 cm³/mol. The Balaban J connectivity index is -0.000000231. The van der Waals surface area contributed by atoms with E-state index in [0.29, 0.717) is 0 Å². The van der Waals surface area contributed by atoms with Gasteiger partial charge in [-0.25, -0.2) is 0 Å². The van der Waals surface area contributed by atoms with Crippen molar-refractivity contribution in [2.75, 3.05) is 0 Å². The topological polar surface area (TPSA) is 60.7 Å². The zero-order chi connectivity index (χ0) is 27.3. The molecule has 3 N–H and O–H groups in total. The first-order valence-corrected chi connectivity index (χ1v) is 14.3. The number of aliphatic hydroxyl groups excluding tert-OH is 3. The summed E-state index contributed by atoms with van der Waals surface area (Å²) in [7, 11) is 0. The number of hydrogen-bond acceptors (Lipinski definition) is 3. The van der Waals surface area contributed by atoms with E-state index in [1.807, 2.05) is 20.8 Å². The molecule has 0 spiro atoms. The third-order valence-corrected chi connectivity index (χ3v) is 12.0. The Kier molecular flexibility index (Phi) is 22.2. The fourth-order valence-corrected chi connectivity index (χ4v) is 7.13. The molecule has 1 rings (SSSR count). The van der Waals surface area contributed by atoms with Crippen molar-refractivity contribution in [2.24, 2.45) is 0 Å². The molecule has 0 amide bonds. The summed E-state index contributed by atoms with van der Waals surface area (Å²) >= 11 is -8.38. The molecule has 0 saturated carbocycles. The van der Waals surface area contributed by atoms with E-state index in [1.54, 1.807) is 20.8 Å². The van der Waals surface area contributed by atoms with E-state index in [-0.39, 0.29) is 56.6 Å². The third kappa shape index (κ3) is 14.6. The standard InChI is InChI=1S/C8H4F9Ge.3C4H10O.Zr/c9-6(10,11)18(7(12,13)14,8(15,16)17)5-3-1-2-4-5;3*1-3-4(2)5;/h1-4H;3*4-5H,3H2,1-2H3;/q-1;;;;. The van der Waals surface area contributed by atoms with Crippen LogP contribution in [-0.2, 0) is 26.2 Å². The van der Waals surface area contributed by atoms with E-state index >= 15 is 0 Å². The van der Waals surface area contributed by atoms with Crippen molar-refractivity contribution in [1.29, 1.82) is 0 Å². The molecule has 3 atom stereocenters. The van der Waals surface area contributed by atoms with Crippen LogP contribution in [0.1, 0.15) is 60.8 Å². The average molecular weight is 657 g/mol. The van der Waals surface area contributed by atoms with Gasteiger partial charge in [-0.05, 0) is 40.0 Å². The molecule has 0 aliphatic heterocycles. The Morgan fingerprint density at radius 2 is 0.794 bits per heavy atom. The minimum atomic E-state index is -8.38. The molecular weight excluding hydrogens is 623 g/mol. The van der Waals surface area contributed by atoms with Crippen molar-refractivity contribution in [3.63, 3.8) is 0 Å². The van der Waals surface area contributed by atoms with Gasteiger partial charge in [-0.1, -0.05) is 20.8 Å². The summed E-state index contributed by atoms with van der Waals surface area (Å²) in [5.74, 6) is 0. The molecule has 1 aromatic rings. The summed E-state index contributed by atoms with van der Waals surface area (Å²) < 4.78 is 111. The molecule has 0 heterocycles. The van der Waals surface area contributed by atoms with Crippen LogP contribution in [0.3, 0.4) is 0 Å². The van der Waals surface area contributed by atoms with Crippen LogP contribution in [0.25, 0.3) is 0 Å². The van der Waals surface area contributed by atoms with Gasteiger partial charge in [0.25, 0.3) is 0 Å². The molecule has 0 aliphatic carbocycles. The summed E-state index contributed by atoms with van der Waals surface area (Å²) in [6.45, 7) is 11.2. The molecule has 0 radical (unpaired) electrons. The third-order valence-electron chi connectivity index (χ3n) is 4.14. The first kappa shape index (κ1) is 41.2. The van der Waals surface area contributed by atoms with Gasteiger partial charge in [0.2, 0.25) is 0 Å². The van der Waals surface area contributed by atoms with E-state index in [9.17, 15) is 39.5 Å². The molecule has 0 fully saturated rings. The minimum Gasteiger partial charge on any atom is 0 e. The molecule has 1 aromatic carbocycles. The second-order valence-electron chi connectivity index (χ2n) is 7.19. The van der Waals surface area contributed by atoms with Crippen molar-refractivity contribution in [1.82, 2.24) is 0 Å². The zero-order valence-electron chi connectivity index (χ0n) is 19.9. The number of rotatable bonds is 4. The van der Waals surface area contributed by atoms with Gasteiger partial charge < -0.3 is 15.3 Å². The van der Waals surface area contributed by atoms with Gasteiger partial charge >= 0.3 is 96.5 Å². The van der Waals surface area contributed by atoms with Crippen LogP contribution in [0.15, 0.2) is 24.3 Å². The van der Waals surface area contributed by atoms with Gasteiger partial charge in [-0.3, -0.25) is 0 Å².